The number of anilines is 2. The van der Waals surface area contributed by atoms with Crippen molar-refractivity contribution < 1.29 is 4.42 Å². The summed E-state index contributed by atoms with van der Waals surface area (Å²) in [5.41, 5.74) is 9.82. The van der Waals surface area contributed by atoms with E-state index in [-0.39, 0.29) is 0 Å². The summed E-state index contributed by atoms with van der Waals surface area (Å²) in [6, 6.07) is 6.66. The molecule has 0 amide bonds. The van der Waals surface area contributed by atoms with E-state index in [1.165, 1.54) is 11.1 Å². The van der Waals surface area contributed by atoms with Crippen molar-refractivity contribution in [3.8, 4) is 0 Å². The van der Waals surface area contributed by atoms with Gasteiger partial charge in [-0.1, -0.05) is 6.07 Å². The summed E-state index contributed by atoms with van der Waals surface area (Å²) in [6.07, 6.45) is 2.37. The van der Waals surface area contributed by atoms with Crippen molar-refractivity contribution in [1.82, 2.24) is 4.98 Å². The molecule has 4 nitrogen and oxygen atoms in total. The van der Waals surface area contributed by atoms with Crippen molar-refractivity contribution >= 4 is 11.7 Å². The minimum Gasteiger partial charge on any atom is -0.432 e. The molecule has 4 heteroatoms. The van der Waals surface area contributed by atoms with Crippen LogP contribution in [0.4, 0.5) is 11.7 Å². The Hall–Kier alpha value is -1.81. The van der Waals surface area contributed by atoms with Gasteiger partial charge in [0.15, 0.2) is 0 Å². The number of nitrogens with one attached hydrogen (secondary N) is 1. The highest BCUT2D eigenvalue weighted by Crippen LogP contribution is 2.19. The number of benzene rings is 1. The number of nitrogens with zero attached hydrogens (tertiary/aromatic N) is 1. The van der Waals surface area contributed by atoms with Crippen LogP contribution in [-0.4, -0.2) is 11.5 Å². The van der Waals surface area contributed by atoms with Crippen LogP contribution in [0, 0.1) is 13.8 Å². The van der Waals surface area contributed by atoms with Gasteiger partial charge in [0.25, 0.3) is 6.01 Å². The average molecular weight is 231 g/mol. The quantitative estimate of drug-likeness (QED) is 0.848. The zero-order valence-electron chi connectivity index (χ0n) is 10.2. The Bertz CT molecular complexity index is 505. The first-order chi connectivity index (χ1) is 8.19. The van der Waals surface area contributed by atoms with Crippen LogP contribution in [-0.2, 0) is 6.42 Å². The van der Waals surface area contributed by atoms with E-state index in [4.69, 9.17) is 10.2 Å². The molecule has 0 aliphatic heterocycles. The van der Waals surface area contributed by atoms with E-state index >= 15 is 0 Å². The van der Waals surface area contributed by atoms with Crippen molar-refractivity contribution in [2.24, 2.45) is 5.73 Å². The van der Waals surface area contributed by atoms with Crippen molar-refractivity contribution in [2.75, 3.05) is 11.9 Å². The number of rotatable bonds is 4. The van der Waals surface area contributed by atoms with Crippen LogP contribution >= 0.6 is 0 Å². The third-order valence-electron chi connectivity index (χ3n) is 2.71. The molecule has 0 saturated carbocycles. The topological polar surface area (TPSA) is 64.1 Å². The van der Waals surface area contributed by atoms with E-state index in [0.717, 1.165) is 17.8 Å². The average Bonchev–Trinajstić information content (AvgIpc) is 2.72. The molecule has 90 valence electrons. The maximum Gasteiger partial charge on any atom is 0.299 e. The molecule has 1 heterocycles. The molecule has 3 N–H and O–H groups in total. The number of oxazole rings is 1. The fourth-order valence-electron chi connectivity index (χ4n) is 1.57. The predicted octanol–water partition coefficient (Wildman–Crippen LogP) is 2.54. The van der Waals surface area contributed by atoms with E-state index < -0.39 is 0 Å². The van der Waals surface area contributed by atoms with Gasteiger partial charge in [0, 0.05) is 12.1 Å². The smallest absolute Gasteiger partial charge is 0.299 e. The molecular weight excluding hydrogens is 214 g/mol. The van der Waals surface area contributed by atoms with E-state index in [2.05, 4.69) is 36.3 Å². The predicted molar refractivity (Wildman–Crippen MR) is 68.5 cm³/mol. The minimum atomic E-state index is 0.511. The van der Waals surface area contributed by atoms with Gasteiger partial charge in [-0.25, -0.2) is 0 Å². The van der Waals surface area contributed by atoms with Crippen LogP contribution in [0.25, 0.3) is 0 Å². The normalized spacial score (nSPS) is 10.5. The van der Waals surface area contributed by atoms with Crippen LogP contribution in [0.15, 0.2) is 28.9 Å². The van der Waals surface area contributed by atoms with Crippen LogP contribution in [0.5, 0.6) is 0 Å². The fourth-order valence-corrected chi connectivity index (χ4v) is 1.57. The summed E-state index contributed by atoms with van der Waals surface area (Å²) in [6.45, 7) is 4.75. The maximum absolute atomic E-state index is 5.46. The Balaban J connectivity index is 2.11. The van der Waals surface area contributed by atoms with Gasteiger partial charge in [0.2, 0.25) is 0 Å². The molecule has 1 aromatic carbocycles. The van der Waals surface area contributed by atoms with E-state index in [1.807, 2.05) is 6.07 Å². The van der Waals surface area contributed by atoms with Crippen LogP contribution in [0.2, 0.25) is 0 Å². The highest BCUT2D eigenvalue weighted by molar-refractivity contribution is 5.54. The zero-order valence-corrected chi connectivity index (χ0v) is 10.2. The third-order valence-corrected chi connectivity index (χ3v) is 2.71. The second kappa shape index (κ2) is 5.01. The molecule has 0 fully saturated rings. The molecule has 0 aliphatic carbocycles. The van der Waals surface area contributed by atoms with Gasteiger partial charge in [0.1, 0.15) is 6.26 Å². The van der Waals surface area contributed by atoms with Crippen LogP contribution in [0.3, 0.4) is 0 Å². The Morgan fingerprint density at radius 3 is 2.82 bits per heavy atom. The first-order valence-electron chi connectivity index (χ1n) is 5.68. The van der Waals surface area contributed by atoms with Gasteiger partial charge >= 0.3 is 0 Å². The minimum absolute atomic E-state index is 0.511. The molecule has 0 bridgehead atoms. The molecule has 0 radical (unpaired) electrons. The highest BCUT2D eigenvalue weighted by atomic mass is 16.4. The third kappa shape index (κ3) is 2.85. The summed E-state index contributed by atoms with van der Waals surface area (Å²) in [4.78, 5) is 4.29. The number of aryl methyl sites for hydroxylation is 2. The van der Waals surface area contributed by atoms with Gasteiger partial charge in [-0.15, -0.1) is 0 Å². The van der Waals surface area contributed by atoms with Crippen molar-refractivity contribution in [3.05, 3.63) is 41.3 Å². The number of hydrogen-bond acceptors (Lipinski definition) is 4. The van der Waals surface area contributed by atoms with Gasteiger partial charge < -0.3 is 15.5 Å². The van der Waals surface area contributed by atoms with Gasteiger partial charge in [-0.2, -0.15) is 4.98 Å². The van der Waals surface area contributed by atoms with E-state index in [1.54, 1.807) is 6.26 Å². The molecule has 0 unspecified atom stereocenters. The van der Waals surface area contributed by atoms with Crippen LogP contribution < -0.4 is 11.1 Å². The number of nitrogens with two attached hydrogens (primary N) is 1. The molecule has 1 aromatic heterocycles. The van der Waals surface area contributed by atoms with Gasteiger partial charge in [-0.05, 0) is 43.7 Å². The van der Waals surface area contributed by atoms with Gasteiger partial charge in [0.05, 0.1) is 5.69 Å². The lowest BCUT2D eigenvalue weighted by molar-refractivity contribution is 0.575. The lowest BCUT2D eigenvalue weighted by Gasteiger charge is -2.04. The monoisotopic (exact) mass is 231 g/mol. The standard InChI is InChI=1S/C13H17N3O/c1-9-3-4-11(7-10(9)2)15-13-16-12(5-6-14)8-17-13/h3-4,7-8H,5-6,14H2,1-2H3,(H,15,16). The summed E-state index contributed by atoms with van der Waals surface area (Å²) in [5.74, 6) is 0. The second-order valence-corrected chi connectivity index (χ2v) is 4.11. The molecular formula is C13H17N3O. The summed E-state index contributed by atoms with van der Waals surface area (Å²) < 4.78 is 5.31. The summed E-state index contributed by atoms with van der Waals surface area (Å²) >= 11 is 0. The first-order valence-corrected chi connectivity index (χ1v) is 5.68. The fraction of sp³-hybridized carbons (Fsp3) is 0.308. The molecule has 2 rings (SSSR count). The zero-order chi connectivity index (χ0) is 12.3. The molecule has 17 heavy (non-hydrogen) atoms. The van der Waals surface area contributed by atoms with Crippen LogP contribution in [0.1, 0.15) is 16.8 Å². The first kappa shape index (κ1) is 11.7. The van der Waals surface area contributed by atoms with Gasteiger partial charge in [-0.3, -0.25) is 0 Å². The second-order valence-electron chi connectivity index (χ2n) is 4.11. The lowest BCUT2D eigenvalue weighted by atomic mass is 10.1. The SMILES string of the molecule is Cc1ccc(Nc2nc(CCN)co2)cc1C. The van der Waals surface area contributed by atoms with Crippen molar-refractivity contribution in [1.29, 1.82) is 0 Å². The summed E-state index contributed by atoms with van der Waals surface area (Å²) in [5, 5.41) is 3.13. The van der Waals surface area contributed by atoms with Crippen molar-refractivity contribution in [2.45, 2.75) is 20.3 Å². The number of hydrogen-bond donors (Lipinski definition) is 2. The van der Waals surface area contributed by atoms with E-state index in [9.17, 15) is 0 Å². The van der Waals surface area contributed by atoms with Crippen molar-refractivity contribution in [3.63, 3.8) is 0 Å². The molecule has 0 aliphatic rings. The molecule has 2 aromatic rings. The van der Waals surface area contributed by atoms with E-state index in [0.29, 0.717) is 12.6 Å². The largest absolute Gasteiger partial charge is 0.432 e. The Labute approximate surface area is 101 Å². The molecule has 0 saturated heterocycles. The summed E-state index contributed by atoms with van der Waals surface area (Å²) in [7, 11) is 0. The number of aromatic nitrogens is 1. The molecule has 0 spiro atoms. The Kier molecular flexibility index (Phi) is 3.44. The molecule has 0 atom stereocenters. The maximum atomic E-state index is 5.46. The Morgan fingerprint density at radius 2 is 2.12 bits per heavy atom. The lowest BCUT2D eigenvalue weighted by Crippen LogP contribution is -2.02. The highest BCUT2D eigenvalue weighted by Gasteiger charge is 2.04. The Morgan fingerprint density at radius 1 is 1.29 bits per heavy atom.